The van der Waals surface area contributed by atoms with Crippen LogP contribution in [0, 0.1) is 0 Å². The van der Waals surface area contributed by atoms with Crippen LogP contribution in [0.3, 0.4) is 0 Å². The van der Waals surface area contributed by atoms with Crippen molar-refractivity contribution in [1.82, 2.24) is 0 Å². The van der Waals surface area contributed by atoms with Gasteiger partial charge in [0.25, 0.3) is 0 Å². The first-order valence-electron chi connectivity index (χ1n) is 10.2. The molecular formula is C21H36NO3P. The second-order valence-corrected chi connectivity index (χ2v) is 9.98. The van der Waals surface area contributed by atoms with Gasteiger partial charge in [-0.2, -0.15) is 0 Å². The first-order chi connectivity index (χ1) is 12.3. The molecule has 1 aliphatic carbocycles. The molecule has 5 heteroatoms. The van der Waals surface area contributed by atoms with Crippen LogP contribution in [0.1, 0.15) is 88.2 Å². The van der Waals surface area contributed by atoms with Gasteiger partial charge in [-0.15, -0.1) is 0 Å². The van der Waals surface area contributed by atoms with Gasteiger partial charge in [-0.1, -0.05) is 63.3 Å². The van der Waals surface area contributed by atoms with Crippen LogP contribution in [0.2, 0.25) is 0 Å². The van der Waals surface area contributed by atoms with Crippen molar-refractivity contribution in [2.75, 3.05) is 6.16 Å². The average Bonchev–Trinajstić information content (AvgIpc) is 2.99. The summed E-state index contributed by atoms with van der Waals surface area (Å²) in [5.41, 5.74) is 8.69. The Labute approximate surface area is 158 Å². The van der Waals surface area contributed by atoms with Gasteiger partial charge in [0.15, 0.2) is 0 Å². The standard InChI is InChI=1S/C21H36NO3P/c1-2-3-4-5-6-7-8-18-9-11-19(12-10-18)20-13-14-21(22,17-20)15-16-26(23,24)25/h9-12,20H,2-8,13-17,22H2,1H3,(H2,23,24,25)/t20-,21+/m0/s1. The Morgan fingerprint density at radius 3 is 2.42 bits per heavy atom. The first kappa shape index (κ1) is 21.6. The molecule has 1 aromatic rings. The van der Waals surface area contributed by atoms with Gasteiger partial charge in [-0.25, -0.2) is 0 Å². The molecule has 0 spiro atoms. The van der Waals surface area contributed by atoms with Crippen LogP contribution in [0.15, 0.2) is 24.3 Å². The van der Waals surface area contributed by atoms with Crippen molar-refractivity contribution in [2.45, 2.75) is 89.0 Å². The van der Waals surface area contributed by atoms with Crippen LogP contribution in [0.5, 0.6) is 0 Å². The van der Waals surface area contributed by atoms with Gasteiger partial charge in [-0.05, 0) is 55.6 Å². The van der Waals surface area contributed by atoms with Crippen LogP contribution in [0.4, 0.5) is 0 Å². The van der Waals surface area contributed by atoms with E-state index in [-0.39, 0.29) is 6.16 Å². The van der Waals surface area contributed by atoms with Crippen LogP contribution < -0.4 is 5.73 Å². The van der Waals surface area contributed by atoms with Gasteiger partial charge in [-0.3, -0.25) is 4.57 Å². The molecule has 0 aromatic heterocycles. The lowest BCUT2D eigenvalue weighted by molar-refractivity contribution is 0.353. The van der Waals surface area contributed by atoms with Crippen LogP contribution >= 0.6 is 7.60 Å². The smallest absolute Gasteiger partial charge is 0.325 e. The average molecular weight is 381 g/mol. The highest BCUT2D eigenvalue weighted by Crippen LogP contribution is 2.45. The largest absolute Gasteiger partial charge is 0.325 e. The Hall–Kier alpha value is -0.670. The van der Waals surface area contributed by atoms with Gasteiger partial charge >= 0.3 is 7.60 Å². The summed E-state index contributed by atoms with van der Waals surface area (Å²) in [6, 6.07) is 8.94. The zero-order valence-corrected chi connectivity index (χ0v) is 17.1. The van der Waals surface area contributed by atoms with Crippen LogP contribution in [0.25, 0.3) is 0 Å². The van der Waals surface area contributed by atoms with Gasteiger partial charge in [0, 0.05) is 5.54 Å². The van der Waals surface area contributed by atoms with Crippen LogP contribution in [-0.2, 0) is 11.0 Å². The summed E-state index contributed by atoms with van der Waals surface area (Å²) in [6.07, 6.45) is 12.1. The molecule has 0 bridgehead atoms. The molecule has 4 N–H and O–H groups in total. The molecule has 1 saturated carbocycles. The zero-order valence-electron chi connectivity index (χ0n) is 16.2. The fraction of sp³-hybridized carbons (Fsp3) is 0.714. The third-order valence-electron chi connectivity index (χ3n) is 5.81. The van der Waals surface area contributed by atoms with Gasteiger partial charge in [0.05, 0.1) is 6.16 Å². The number of nitrogens with two attached hydrogens (primary N) is 1. The third kappa shape index (κ3) is 7.52. The lowest BCUT2D eigenvalue weighted by Crippen LogP contribution is -2.37. The highest BCUT2D eigenvalue weighted by molar-refractivity contribution is 7.51. The van der Waals surface area contributed by atoms with Crippen molar-refractivity contribution < 1.29 is 14.4 Å². The van der Waals surface area contributed by atoms with E-state index in [9.17, 15) is 4.57 Å². The normalized spacial score (nSPS) is 23.5. The number of aryl methyl sites for hydroxylation is 1. The fourth-order valence-corrected chi connectivity index (χ4v) is 4.84. The highest BCUT2D eigenvalue weighted by Gasteiger charge is 2.37. The molecule has 1 aromatic carbocycles. The molecule has 1 fully saturated rings. The maximum Gasteiger partial charge on any atom is 0.325 e. The topological polar surface area (TPSA) is 83.6 Å². The summed E-state index contributed by atoms with van der Waals surface area (Å²) in [4.78, 5) is 18.2. The SMILES string of the molecule is CCCCCCCCc1ccc([C@H]2CC[C@@](N)(CCP(=O)(O)O)C2)cc1. The van der Waals surface area contributed by atoms with Crippen molar-refractivity contribution in [3.8, 4) is 0 Å². The second kappa shape index (κ2) is 10.0. The van der Waals surface area contributed by atoms with E-state index in [1.807, 2.05) is 0 Å². The van der Waals surface area contributed by atoms with Crippen molar-refractivity contribution in [1.29, 1.82) is 0 Å². The second-order valence-electron chi connectivity index (χ2n) is 8.20. The summed E-state index contributed by atoms with van der Waals surface area (Å²) in [5.74, 6) is 0.417. The van der Waals surface area contributed by atoms with Crippen molar-refractivity contribution >= 4 is 7.60 Å². The zero-order chi connectivity index (χ0) is 19.0. The first-order valence-corrected chi connectivity index (χ1v) is 12.0. The van der Waals surface area contributed by atoms with Gasteiger partial charge in [0.1, 0.15) is 0 Å². The molecule has 4 nitrogen and oxygen atoms in total. The summed E-state index contributed by atoms with van der Waals surface area (Å²) in [5, 5.41) is 0. The lowest BCUT2D eigenvalue weighted by Gasteiger charge is -2.24. The molecule has 0 amide bonds. The minimum absolute atomic E-state index is 0.104. The van der Waals surface area contributed by atoms with E-state index in [4.69, 9.17) is 15.5 Å². The van der Waals surface area contributed by atoms with Crippen molar-refractivity contribution in [3.63, 3.8) is 0 Å². The Morgan fingerprint density at radius 1 is 1.12 bits per heavy atom. The Kier molecular flexibility index (Phi) is 8.35. The Bertz CT molecular complexity index is 583. The maximum atomic E-state index is 11.1. The minimum atomic E-state index is -3.96. The number of rotatable bonds is 11. The van der Waals surface area contributed by atoms with E-state index in [1.54, 1.807) is 0 Å². The molecule has 0 heterocycles. The predicted molar refractivity (Wildman–Crippen MR) is 109 cm³/mol. The highest BCUT2D eigenvalue weighted by atomic mass is 31.2. The molecule has 0 unspecified atom stereocenters. The van der Waals surface area contributed by atoms with E-state index in [1.165, 1.54) is 49.7 Å². The monoisotopic (exact) mass is 381 g/mol. The minimum Gasteiger partial charge on any atom is -0.325 e. The number of benzene rings is 1. The predicted octanol–water partition coefficient (Wildman–Crippen LogP) is 5.12. The van der Waals surface area contributed by atoms with Gasteiger partial charge in [0.2, 0.25) is 0 Å². The van der Waals surface area contributed by atoms with E-state index in [0.29, 0.717) is 12.3 Å². The third-order valence-corrected chi connectivity index (χ3v) is 6.62. The maximum absolute atomic E-state index is 11.1. The quantitative estimate of drug-likeness (QED) is 0.367. The van der Waals surface area contributed by atoms with E-state index in [0.717, 1.165) is 25.7 Å². The molecule has 0 radical (unpaired) electrons. The Balaban J connectivity index is 1.77. The number of unbranched alkanes of at least 4 members (excludes halogenated alkanes) is 5. The summed E-state index contributed by atoms with van der Waals surface area (Å²) in [6.45, 7) is 2.25. The number of hydrogen-bond acceptors (Lipinski definition) is 2. The van der Waals surface area contributed by atoms with E-state index >= 15 is 0 Å². The molecule has 0 saturated heterocycles. The fourth-order valence-electron chi connectivity index (χ4n) is 4.10. The van der Waals surface area contributed by atoms with E-state index < -0.39 is 13.1 Å². The lowest BCUT2D eigenvalue weighted by atomic mass is 9.90. The van der Waals surface area contributed by atoms with E-state index in [2.05, 4.69) is 31.2 Å². The summed E-state index contributed by atoms with van der Waals surface area (Å²) in [7, 11) is -3.96. The molecular weight excluding hydrogens is 345 g/mol. The molecule has 1 aliphatic rings. The molecule has 26 heavy (non-hydrogen) atoms. The van der Waals surface area contributed by atoms with Gasteiger partial charge < -0.3 is 15.5 Å². The van der Waals surface area contributed by atoms with Crippen molar-refractivity contribution in [3.05, 3.63) is 35.4 Å². The summed E-state index contributed by atoms with van der Waals surface area (Å²) < 4.78 is 11.1. The Morgan fingerprint density at radius 2 is 1.77 bits per heavy atom. The summed E-state index contributed by atoms with van der Waals surface area (Å²) >= 11 is 0. The molecule has 2 rings (SSSR count). The van der Waals surface area contributed by atoms with Crippen LogP contribution in [-0.4, -0.2) is 21.5 Å². The number of hydrogen-bond donors (Lipinski definition) is 3. The molecule has 0 aliphatic heterocycles. The molecule has 2 atom stereocenters. The molecule has 148 valence electrons. The van der Waals surface area contributed by atoms with Crippen molar-refractivity contribution in [2.24, 2.45) is 5.73 Å².